The lowest BCUT2D eigenvalue weighted by molar-refractivity contribution is -0.385. The van der Waals surface area contributed by atoms with Gasteiger partial charge in [0.25, 0.3) is 11.4 Å². The number of benzene rings is 2. The minimum Gasteiger partial charge on any atom is -0.452 e. The molecule has 2 aromatic rings. The highest BCUT2D eigenvalue weighted by Crippen LogP contribution is 2.33. The normalized spacial score (nSPS) is 22.7. The smallest absolute Gasteiger partial charge is 0.338 e. The lowest BCUT2D eigenvalue weighted by Crippen LogP contribution is -2.51. The van der Waals surface area contributed by atoms with Crippen LogP contribution in [0.5, 0.6) is 0 Å². The summed E-state index contributed by atoms with van der Waals surface area (Å²) in [4.78, 5) is 47.2. The van der Waals surface area contributed by atoms with Crippen LogP contribution in [0.15, 0.2) is 48.5 Å². The monoisotopic (exact) mass is 560 g/mol. The second-order valence-electron chi connectivity index (χ2n) is 10.1. The third-order valence-electron chi connectivity index (χ3n) is 6.23. The first-order valence-corrected chi connectivity index (χ1v) is 12.3. The highest BCUT2D eigenvalue weighted by atomic mass is 16.8. The zero-order valence-corrected chi connectivity index (χ0v) is 22.1. The van der Waals surface area contributed by atoms with E-state index in [0.29, 0.717) is 0 Å². The van der Waals surface area contributed by atoms with E-state index >= 15 is 0 Å². The molecule has 0 amide bonds. The Morgan fingerprint density at radius 3 is 1.30 bits per heavy atom. The van der Waals surface area contributed by atoms with Crippen LogP contribution in [0.3, 0.4) is 0 Å². The Balaban J connectivity index is 1.66. The molecule has 2 heterocycles. The van der Waals surface area contributed by atoms with Crippen molar-refractivity contribution in [3.8, 4) is 0 Å². The molecule has 0 N–H and O–H groups in total. The predicted octanol–water partition coefficient (Wildman–Crippen LogP) is 3.56. The lowest BCUT2D eigenvalue weighted by Gasteiger charge is -2.33. The number of hydrogen-bond donors (Lipinski definition) is 0. The van der Waals surface area contributed by atoms with Crippen LogP contribution in [-0.4, -0.2) is 71.0 Å². The van der Waals surface area contributed by atoms with Crippen molar-refractivity contribution in [2.75, 3.05) is 13.2 Å². The summed E-state index contributed by atoms with van der Waals surface area (Å²) >= 11 is 0. The Kier molecular flexibility index (Phi) is 8.16. The zero-order valence-electron chi connectivity index (χ0n) is 22.1. The first-order valence-electron chi connectivity index (χ1n) is 12.3. The van der Waals surface area contributed by atoms with Crippen molar-refractivity contribution in [2.24, 2.45) is 0 Å². The van der Waals surface area contributed by atoms with Gasteiger partial charge in [-0.1, -0.05) is 0 Å². The Morgan fingerprint density at radius 1 is 0.725 bits per heavy atom. The molecule has 2 saturated heterocycles. The van der Waals surface area contributed by atoms with E-state index in [1.165, 1.54) is 24.3 Å². The van der Waals surface area contributed by atoms with Crippen molar-refractivity contribution in [3.05, 3.63) is 79.9 Å². The summed E-state index contributed by atoms with van der Waals surface area (Å²) in [5, 5.41) is 22.0. The summed E-state index contributed by atoms with van der Waals surface area (Å²) in [5.74, 6) is -3.80. The van der Waals surface area contributed by atoms with Crippen molar-refractivity contribution in [1.82, 2.24) is 0 Å². The van der Waals surface area contributed by atoms with E-state index in [1.54, 1.807) is 27.7 Å². The largest absolute Gasteiger partial charge is 0.452 e. The Bertz CT molecular complexity index is 1180. The Labute approximate surface area is 228 Å². The molecule has 0 spiro atoms. The average Bonchev–Trinajstić information content (AvgIpc) is 3.46. The maximum Gasteiger partial charge on any atom is 0.338 e. The van der Waals surface area contributed by atoms with Gasteiger partial charge in [-0.05, 0) is 52.0 Å². The molecule has 40 heavy (non-hydrogen) atoms. The third-order valence-corrected chi connectivity index (χ3v) is 6.23. The fourth-order valence-corrected chi connectivity index (χ4v) is 4.29. The van der Waals surface area contributed by atoms with Gasteiger partial charge >= 0.3 is 11.9 Å². The van der Waals surface area contributed by atoms with E-state index in [-0.39, 0.29) is 35.7 Å². The van der Waals surface area contributed by atoms with Crippen LogP contribution < -0.4 is 0 Å². The molecular weight excluding hydrogens is 532 g/mol. The van der Waals surface area contributed by atoms with Crippen LogP contribution >= 0.6 is 0 Å². The summed E-state index contributed by atoms with van der Waals surface area (Å²) in [5.41, 5.74) is -0.400. The molecule has 14 heteroatoms. The zero-order chi connectivity index (χ0) is 29.2. The number of ether oxygens (including phenoxy) is 6. The molecule has 0 saturated carbocycles. The first-order chi connectivity index (χ1) is 18.7. The van der Waals surface area contributed by atoms with E-state index in [0.717, 1.165) is 24.3 Å². The molecule has 2 aliphatic rings. The van der Waals surface area contributed by atoms with Gasteiger partial charge in [-0.3, -0.25) is 20.2 Å². The number of nitro groups is 2. The fourth-order valence-electron chi connectivity index (χ4n) is 4.29. The highest BCUT2D eigenvalue weighted by Gasteiger charge is 2.50. The third kappa shape index (κ3) is 6.77. The van der Waals surface area contributed by atoms with Crippen LogP contribution in [0.1, 0.15) is 48.4 Å². The molecule has 0 radical (unpaired) electrons. The topological polar surface area (TPSA) is 176 Å². The summed E-state index contributed by atoms with van der Waals surface area (Å²) in [6.45, 7) is 6.62. The van der Waals surface area contributed by atoms with E-state index in [4.69, 9.17) is 28.4 Å². The van der Waals surface area contributed by atoms with E-state index in [1.807, 2.05) is 0 Å². The van der Waals surface area contributed by atoms with Gasteiger partial charge in [-0.2, -0.15) is 0 Å². The van der Waals surface area contributed by atoms with Gasteiger partial charge < -0.3 is 28.4 Å². The number of nitrogens with zero attached hydrogens (tertiary/aromatic N) is 2. The van der Waals surface area contributed by atoms with Crippen LogP contribution in [0.4, 0.5) is 11.4 Å². The van der Waals surface area contributed by atoms with Crippen LogP contribution in [0.2, 0.25) is 0 Å². The van der Waals surface area contributed by atoms with Gasteiger partial charge in [0.2, 0.25) is 0 Å². The van der Waals surface area contributed by atoms with E-state index in [2.05, 4.69) is 0 Å². The standard InChI is InChI=1S/C26H28N2O12/c1-25(2)35-13-19(39-25)21(37-23(29)15-5-9-17(10-6-15)27(31)32)22(20-14-36-26(3,4)40-20)38-24(30)16-7-11-18(12-8-16)28(33)34/h5-12,19-22H,13-14H2,1-4H3/t19-,20+,21-,22-/m1/s1. The molecule has 2 aromatic carbocycles. The second-order valence-corrected chi connectivity index (χ2v) is 10.1. The lowest BCUT2D eigenvalue weighted by atomic mass is 10.0. The molecule has 2 aliphatic heterocycles. The number of hydrogen-bond acceptors (Lipinski definition) is 12. The van der Waals surface area contributed by atoms with Gasteiger partial charge in [0.05, 0.1) is 34.2 Å². The molecule has 0 aromatic heterocycles. The maximum atomic E-state index is 13.2. The molecule has 14 nitrogen and oxygen atoms in total. The second kappa shape index (κ2) is 11.3. The van der Waals surface area contributed by atoms with Gasteiger partial charge in [0.1, 0.15) is 12.2 Å². The molecule has 2 fully saturated rings. The molecule has 0 unspecified atom stereocenters. The molecule has 214 valence electrons. The Hall–Kier alpha value is -3.98. The average molecular weight is 561 g/mol. The molecule has 0 aliphatic carbocycles. The quantitative estimate of drug-likeness (QED) is 0.248. The van der Waals surface area contributed by atoms with Gasteiger partial charge in [-0.25, -0.2) is 9.59 Å². The van der Waals surface area contributed by atoms with Crippen LogP contribution in [0.25, 0.3) is 0 Å². The van der Waals surface area contributed by atoms with Crippen LogP contribution in [-0.2, 0) is 28.4 Å². The minimum absolute atomic E-state index is 0.0122. The van der Waals surface area contributed by atoms with Gasteiger partial charge in [-0.15, -0.1) is 0 Å². The Morgan fingerprint density at radius 2 is 1.05 bits per heavy atom. The van der Waals surface area contributed by atoms with Crippen molar-refractivity contribution in [2.45, 2.75) is 63.7 Å². The summed E-state index contributed by atoms with van der Waals surface area (Å²) < 4.78 is 34.9. The number of nitro benzene ring substituents is 2. The van der Waals surface area contributed by atoms with Crippen molar-refractivity contribution >= 4 is 23.3 Å². The number of carbonyl (C=O) groups excluding carboxylic acids is 2. The van der Waals surface area contributed by atoms with Crippen molar-refractivity contribution in [1.29, 1.82) is 0 Å². The van der Waals surface area contributed by atoms with Crippen molar-refractivity contribution < 1.29 is 47.9 Å². The fraction of sp³-hybridized carbons (Fsp3) is 0.462. The van der Waals surface area contributed by atoms with Gasteiger partial charge in [0, 0.05) is 24.3 Å². The summed E-state index contributed by atoms with van der Waals surface area (Å²) in [6.07, 6.45) is -4.35. The molecule has 4 atom stereocenters. The van der Waals surface area contributed by atoms with Crippen molar-refractivity contribution in [3.63, 3.8) is 0 Å². The molecule has 4 rings (SSSR count). The summed E-state index contributed by atoms with van der Waals surface area (Å²) in [7, 11) is 0. The number of non-ortho nitro benzene ring substituents is 2. The number of carbonyl (C=O) groups is 2. The van der Waals surface area contributed by atoms with Gasteiger partial charge in [0.15, 0.2) is 23.8 Å². The molecule has 0 bridgehead atoms. The number of esters is 2. The first kappa shape index (κ1) is 29.0. The highest BCUT2D eigenvalue weighted by molar-refractivity contribution is 5.90. The summed E-state index contributed by atoms with van der Waals surface area (Å²) in [6, 6.07) is 9.60. The minimum atomic E-state index is -1.27. The number of rotatable bonds is 9. The molecular formula is C26H28N2O12. The maximum absolute atomic E-state index is 13.2. The SMILES string of the molecule is CC1(C)OC[C@@H]([C@@H](OC(=O)c2ccc([N+](=O)[O-])cc2)[C@H](OC(=O)c2ccc([N+](=O)[O-])cc2)[C@H]2COC(C)(C)O2)O1. The van der Waals surface area contributed by atoms with Crippen LogP contribution in [0, 0.1) is 20.2 Å². The predicted molar refractivity (Wildman–Crippen MR) is 134 cm³/mol. The van der Waals surface area contributed by atoms with E-state index in [9.17, 15) is 29.8 Å². The van der Waals surface area contributed by atoms with E-state index < -0.39 is 57.8 Å².